The van der Waals surface area contributed by atoms with E-state index in [1.54, 1.807) is 31.1 Å². The Hall–Kier alpha value is -3.54. The van der Waals surface area contributed by atoms with Gasteiger partial charge in [-0.1, -0.05) is 0 Å². The predicted octanol–water partition coefficient (Wildman–Crippen LogP) is 3.81. The highest BCUT2D eigenvalue weighted by Gasteiger charge is 2.09. The molecule has 0 atom stereocenters. The van der Waals surface area contributed by atoms with Crippen molar-refractivity contribution in [3.8, 4) is 22.6 Å². The van der Waals surface area contributed by atoms with E-state index in [1.807, 2.05) is 42.5 Å². The third-order valence-corrected chi connectivity index (χ3v) is 3.66. The second kappa shape index (κ2) is 6.92. The third-order valence-electron chi connectivity index (χ3n) is 3.66. The van der Waals surface area contributed by atoms with Crippen LogP contribution in [0.1, 0.15) is 5.76 Å². The van der Waals surface area contributed by atoms with Gasteiger partial charge in [0.05, 0.1) is 18.5 Å². The Morgan fingerprint density at radius 3 is 2.24 bits per heavy atom. The third kappa shape index (κ3) is 3.53. The molecule has 0 fully saturated rings. The molecule has 4 aromatic rings. The summed E-state index contributed by atoms with van der Waals surface area (Å²) in [6.45, 7) is 0.551. The largest absolute Gasteiger partial charge is 0.467 e. The number of nitrogens with one attached hydrogen (secondary N) is 1. The van der Waals surface area contributed by atoms with E-state index in [-0.39, 0.29) is 0 Å². The van der Waals surface area contributed by atoms with Gasteiger partial charge < -0.3 is 9.73 Å². The second-order valence-electron chi connectivity index (χ2n) is 5.37. The molecule has 0 bridgehead atoms. The Bertz CT molecular complexity index is 882. The lowest BCUT2D eigenvalue weighted by atomic mass is 10.1. The van der Waals surface area contributed by atoms with Gasteiger partial charge in [-0.3, -0.25) is 9.97 Å². The number of hydrogen-bond donors (Lipinski definition) is 1. The van der Waals surface area contributed by atoms with Crippen molar-refractivity contribution < 1.29 is 4.42 Å². The van der Waals surface area contributed by atoms with Crippen LogP contribution in [0, 0.1) is 0 Å². The molecule has 122 valence electrons. The molecule has 0 saturated heterocycles. The maximum atomic E-state index is 5.36. The Labute approximate surface area is 144 Å². The van der Waals surface area contributed by atoms with E-state index < -0.39 is 0 Å². The van der Waals surface area contributed by atoms with Gasteiger partial charge in [-0.25, -0.2) is 9.97 Å². The van der Waals surface area contributed by atoms with Crippen LogP contribution < -0.4 is 5.32 Å². The molecule has 0 aliphatic rings. The molecule has 4 heterocycles. The summed E-state index contributed by atoms with van der Waals surface area (Å²) in [5, 5.41) is 3.29. The number of pyridine rings is 2. The first kappa shape index (κ1) is 15.0. The van der Waals surface area contributed by atoms with Crippen LogP contribution in [0.5, 0.6) is 0 Å². The molecule has 0 saturated carbocycles. The summed E-state index contributed by atoms with van der Waals surface area (Å²) in [4.78, 5) is 17.4. The molecule has 1 N–H and O–H groups in total. The van der Waals surface area contributed by atoms with Crippen LogP contribution in [0.15, 0.2) is 77.9 Å². The molecular formula is C19H15N5O. The standard InChI is InChI=1S/C19H15N5O/c1-2-16(25-11-1)13-22-18-12-17(14-3-7-20-8-4-14)23-19(24-18)15-5-9-21-10-6-15/h1-12H,13H2,(H,22,23,24). The molecule has 0 aliphatic carbocycles. The van der Waals surface area contributed by atoms with Crippen LogP contribution in [0.3, 0.4) is 0 Å². The Morgan fingerprint density at radius 1 is 0.840 bits per heavy atom. The van der Waals surface area contributed by atoms with Gasteiger partial charge in [0.15, 0.2) is 5.82 Å². The van der Waals surface area contributed by atoms with Crippen molar-refractivity contribution >= 4 is 5.82 Å². The summed E-state index contributed by atoms with van der Waals surface area (Å²) >= 11 is 0. The highest BCUT2D eigenvalue weighted by atomic mass is 16.3. The van der Waals surface area contributed by atoms with E-state index in [9.17, 15) is 0 Å². The van der Waals surface area contributed by atoms with E-state index in [4.69, 9.17) is 4.42 Å². The number of hydrogen-bond acceptors (Lipinski definition) is 6. The van der Waals surface area contributed by atoms with Gasteiger partial charge in [0.25, 0.3) is 0 Å². The van der Waals surface area contributed by atoms with Gasteiger partial charge in [-0.15, -0.1) is 0 Å². The quantitative estimate of drug-likeness (QED) is 0.600. The molecule has 0 unspecified atom stereocenters. The Balaban J connectivity index is 1.72. The summed E-state index contributed by atoms with van der Waals surface area (Å²) in [5.41, 5.74) is 2.71. The molecule has 4 aromatic heterocycles. The zero-order valence-corrected chi connectivity index (χ0v) is 13.3. The smallest absolute Gasteiger partial charge is 0.162 e. The van der Waals surface area contributed by atoms with Crippen LogP contribution in [0.4, 0.5) is 5.82 Å². The number of nitrogens with zero attached hydrogens (tertiary/aromatic N) is 4. The highest BCUT2D eigenvalue weighted by Crippen LogP contribution is 2.24. The van der Waals surface area contributed by atoms with Crippen molar-refractivity contribution in [2.75, 3.05) is 5.32 Å². The van der Waals surface area contributed by atoms with E-state index >= 15 is 0 Å². The maximum Gasteiger partial charge on any atom is 0.162 e. The summed E-state index contributed by atoms with van der Waals surface area (Å²) in [6.07, 6.45) is 8.61. The first-order valence-corrected chi connectivity index (χ1v) is 7.84. The number of aromatic nitrogens is 4. The molecule has 25 heavy (non-hydrogen) atoms. The van der Waals surface area contributed by atoms with Crippen LogP contribution >= 0.6 is 0 Å². The lowest BCUT2D eigenvalue weighted by Gasteiger charge is -2.09. The highest BCUT2D eigenvalue weighted by molar-refractivity contribution is 5.67. The Morgan fingerprint density at radius 2 is 1.56 bits per heavy atom. The average Bonchev–Trinajstić information content (AvgIpc) is 3.21. The molecule has 6 nitrogen and oxygen atoms in total. The van der Waals surface area contributed by atoms with Gasteiger partial charge in [0, 0.05) is 42.0 Å². The van der Waals surface area contributed by atoms with E-state index in [1.165, 1.54) is 0 Å². The fourth-order valence-electron chi connectivity index (χ4n) is 2.43. The molecule has 0 spiro atoms. The second-order valence-corrected chi connectivity index (χ2v) is 5.37. The topological polar surface area (TPSA) is 76.7 Å². The minimum absolute atomic E-state index is 0.551. The van der Waals surface area contributed by atoms with Crippen LogP contribution in [-0.4, -0.2) is 19.9 Å². The van der Waals surface area contributed by atoms with Gasteiger partial charge in [-0.2, -0.15) is 0 Å². The van der Waals surface area contributed by atoms with E-state index in [2.05, 4.69) is 25.3 Å². The van der Waals surface area contributed by atoms with Crippen LogP contribution in [-0.2, 0) is 6.54 Å². The molecule has 6 heteroatoms. The Kier molecular flexibility index (Phi) is 4.16. The summed E-state index contributed by atoms with van der Waals surface area (Å²) in [6, 6.07) is 13.3. The molecule has 0 amide bonds. The first-order chi connectivity index (χ1) is 12.4. The number of rotatable bonds is 5. The molecule has 4 rings (SSSR count). The zero-order chi connectivity index (χ0) is 16.9. The molecule has 0 aromatic carbocycles. The van der Waals surface area contributed by atoms with Crippen molar-refractivity contribution in [2.24, 2.45) is 0 Å². The van der Waals surface area contributed by atoms with Gasteiger partial charge in [0.1, 0.15) is 11.6 Å². The molecule has 0 aliphatic heterocycles. The van der Waals surface area contributed by atoms with Crippen molar-refractivity contribution in [3.63, 3.8) is 0 Å². The van der Waals surface area contributed by atoms with Crippen molar-refractivity contribution in [1.29, 1.82) is 0 Å². The molecular weight excluding hydrogens is 314 g/mol. The number of furan rings is 1. The van der Waals surface area contributed by atoms with Crippen LogP contribution in [0.25, 0.3) is 22.6 Å². The first-order valence-electron chi connectivity index (χ1n) is 7.84. The fourth-order valence-corrected chi connectivity index (χ4v) is 2.43. The van der Waals surface area contributed by atoms with Crippen molar-refractivity contribution in [2.45, 2.75) is 6.54 Å². The van der Waals surface area contributed by atoms with E-state index in [0.29, 0.717) is 12.4 Å². The predicted molar refractivity (Wildman–Crippen MR) is 94.5 cm³/mol. The average molecular weight is 329 g/mol. The lowest BCUT2D eigenvalue weighted by Crippen LogP contribution is -2.03. The SMILES string of the molecule is c1coc(CNc2cc(-c3ccncc3)nc(-c3ccncc3)n2)c1. The number of anilines is 1. The summed E-state index contributed by atoms with van der Waals surface area (Å²) < 4.78 is 5.36. The van der Waals surface area contributed by atoms with Gasteiger partial charge in [0.2, 0.25) is 0 Å². The van der Waals surface area contributed by atoms with Gasteiger partial charge >= 0.3 is 0 Å². The van der Waals surface area contributed by atoms with Crippen molar-refractivity contribution in [3.05, 3.63) is 79.3 Å². The van der Waals surface area contributed by atoms with Crippen molar-refractivity contribution in [1.82, 2.24) is 19.9 Å². The minimum Gasteiger partial charge on any atom is -0.467 e. The lowest BCUT2D eigenvalue weighted by molar-refractivity contribution is 0.518. The van der Waals surface area contributed by atoms with Crippen LogP contribution in [0.2, 0.25) is 0 Å². The van der Waals surface area contributed by atoms with Gasteiger partial charge in [-0.05, 0) is 36.4 Å². The monoisotopic (exact) mass is 329 g/mol. The minimum atomic E-state index is 0.551. The molecule has 0 radical (unpaired) electrons. The fraction of sp³-hybridized carbons (Fsp3) is 0.0526. The normalized spacial score (nSPS) is 10.6. The zero-order valence-electron chi connectivity index (χ0n) is 13.3. The van der Waals surface area contributed by atoms with E-state index in [0.717, 1.165) is 28.4 Å². The maximum absolute atomic E-state index is 5.36. The summed E-state index contributed by atoms with van der Waals surface area (Å²) in [5.74, 6) is 2.21. The summed E-state index contributed by atoms with van der Waals surface area (Å²) in [7, 11) is 0.